The highest BCUT2D eigenvalue weighted by Crippen LogP contribution is 1.77. The SMILES string of the molecule is [2H]C([2H])([2H])C([2H])([2H])C([2H])([2H])C#C. The van der Waals surface area contributed by atoms with E-state index in [1.807, 2.05) is 0 Å². The molecular formula is C5H8. The molecule has 28 valence electrons. The van der Waals surface area contributed by atoms with E-state index in [-0.39, 0.29) is 0 Å². The highest BCUT2D eigenvalue weighted by molar-refractivity contribution is 4.81. The van der Waals surface area contributed by atoms with E-state index in [0.717, 1.165) is 0 Å². The Morgan fingerprint density at radius 3 is 3.40 bits per heavy atom. The van der Waals surface area contributed by atoms with Gasteiger partial charge in [0.15, 0.2) is 0 Å². The van der Waals surface area contributed by atoms with E-state index in [9.17, 15) is 0 Å². The van der Waals surface area contributed by atoms with Gasteiger partial charge in [-0.15, -0.1) is 12.3 Å². The van der Waals surface area contributed by atoms with E-state index in [0.29, 0.717) is 0 Å². The van der Waals surface area contributed by atoms with Crippen LogP contribution in [0.1, 0.15) is 29.2 Å². The minimum atomic E-state index is -3.05. The molecule has 0 heterocycles. The van der Waals surface area contributed by atoms with Crippen LogP contribution < -0.4 is 0 Å². The van der Waals surface area contributed by atoms with Crippen molar-refractivity contribution in [1.29, 1.82) is 0 Å². The van der Waals surface area contributed by atoms with Crippen molar-refractivity contribution in [1.82, 2.24) is 0 Å². The number of terminal acetylenes is 1. The lowest BCUT2D eigenvalue weighted by atomic mass is 10.4. The molecule has 0 heteroatoms. The zero-order valence-electron chi connectivity index (χ0n) is 9.58. The average molecular weight is 75.2 g/mol. The molecule has 5 heavy (non-hydrogen) atoms. The molecule has 0 amide bonds. The molecule has 0 atom stereocenters. The zero-order chi connectivity index (χ0) is 10.2. The predicted molar refractivity (Wildman–Crippen MR) is 23.7 cm³/mol. The van der Waals surface area contributed by atoms with E-state index in [1.165, 1.54) is 5.92 Å². The van der Waals surface area contributed by atoms with Gasteiger partial charge in [0, 0.05) is 16.0 Å². The summed E-state index contributed by atoms with van der Waals surface area (Å²) in [7, 11) is 0. The van der Waals surface area contributed by atoms with Crippen LogP contribution in [-0.2, 0) is 0 Å². The normalized spacial score (nSPS) is 35.4. The van der Waals surface area contributed by atoms with Gasteiger partial charge in [0.05, 0.1) is 0 Å². The maximum absolute atomic E-state index is 6.97. The molecule has 0 aromatic rings. The molecule has 0 aliphatic heterocycles. The minimum absolute atomic E-state index is 1.49. The molecule has 0 spiro atoms. The van der Waals surface area contributed by atoms with Gasteiger partial charge in [0.25, 0.3) is 0 Å². The second kappa shape index (κ2) is 3.56. The third-order valence-corrected chi connectivity index (χ3v) is 0.135. The van der Waals surface area contributed by atoms with Crippen LogP contribution in [0.4, 0.5) is 0 Å². The molecular weight excluding hydrogens is 60.1 g/mol. The van der Waals surface area contributed by atoms with Gasteiger partial charge in [0.2, 0.25) is 0 Å². The van der Waals surface area contributed by atoms with Gasteiger partial charge in [-0.25, -0.2) is 0 Å². The van der Waals surface area contributed by atoms with Gasteiger partial charge < -0.3 is 0 Å². The lowest BCUT2D eigenvalue weighted by Gasteiger charge is -1.69. The summed E-state index contributed by atoms with van der Waals surface area (Å²) in [6, 6.07) is 0. The monoisotopic (exact) mass is 75.1 g/mol. The Hall–Kier alpha value is -0.440. The third-order valence-electron chi connectivity index (χ3n) is 0.135. The van der Waals surface area contributed by atoms with Crippen molar-refractivity contribution in [3.8, 4) is 12.3 Å². The van der Waals surface area contributed by atoms with Crippen molar-refractivity contribution < 1.29 is 9.60 Å². The standard InChI is InChI=1S/C5H8/c1-3-5-4-2/h1H,4-5H2,2H3/i2D3,4D2,5D2. The maximum Gasteiger partial charge on any atom is 0.0402 e. The summed E-state index contributed by atoms with van der Waals surface area (Å²) in [5.74, 6) is 1.49. The first-order valence-corrected chi connectivity index (χ1v) is 1.04. The molecule has 0 radical (unpaired) electrons. The maximum atomic E-state index is 6.97. The fourth-order valence-corrected chi connectivity index (χ4v) is 0.0361. The van der Waals surface area contributed by atoms with Crippen molar-refractivity contribution in [2.45, 2.75) is 19.6 Å². The van der Waals surface area contributed by atoms with Crippen molar-refractivity contribution in [3.63, 3.8) is 0 Å². The molecule has 0 rings (SSSR count). The Morgan fingerprint density at radius 1 is 2.40 bits per heavy atom. The quantitative estimate of drug-likeness (QED) is 0.413. The Kier molecular flexibility index (Phi) is 0.369. The Bertz CT molecular complexity index is 205. The summed E-state index contributed by atoms with van der Waals surface area (Å²) in [6.45, 7) is -3.05. The molecule has 0 unspecified atom stereocenters. The largest absolute Gasteiger partial charge is 0.120 e. The van der Waals surface area contributed by atoms with Crippen molar-refractivity contribution in [3.05, 3.63) is 0 Å². The summed E-state index contributed by atoms with van der Waals surface area (Å²) in [5, 5.41) is 0. The fraction of sp³-hybridized carbons (Fsp3) is 0.600. The first-order chi connectivity index (χ1) is 5.06. The van der Waals surface area contributed by atoms with Crippen LogP contribution in [0.3, 0.4) is 0 Å². The molecule has 0 N–H and O–H groups in total. The molecule has 0 aliphatic carbocycles. The Balaban J connectivity index is 5.02. The minimum Gasteiger partial charge on any atom is -0.120 e. The molecule has 0 aromatic heterocycles. The summed E-state index contributed by atoms with van der Waals surface area (Å²) in [6.07, 6.45) is -1.12. The van der Waals surface area contributed by atoms with E-state index in [2.05, 4.69) is 6.42 Å². The molecule has 0 saturated heterocycles. The number of rotatable bonds is 1. The van der Waals surface area contributed by atoms with E-state index in [4.69, 9.17) is 9.60 Å². The van der Waals surface area contributed by atoms with Gasteiger partial charge >= 0.3 is 0 Å². The lowest BCUT2D eigenvalue weighted by molar-refractivity contribution is 0.984. The average Bonchev–Trinajstić information content (AvgIpc) is 1.85. The van der Waals surface area contributed by atoms with Crippen molar-refractivity contribution >= 4 is 0 Å². The Morgan fingerprint density at radius 2 is 3.20 bits per heavy atom. The van der Waals surface area contributed by atoms with Gasteiger partial charge in [-0.1, -0.05) is 6.85 Å². The Labute approximate surface area is 43.0 Å². The third kappa shape index (κ3) is 3.56. The molecule has 0 aromatic carbocycles. The van der Waals surface area contributed by atoms with Crippen LogP contribution in [-0.4, -0.2) is 0 Å². The smallest absolute Gasteiger partial charge is 0.0402 e. The van der Waals surface area contributed by atoms with Crippen LogP contribution in [0.25, 0.3) is 0 Å². The zero-order valence-corrected chi connectivity index (χ0v) is 2.58. The van der Waals surface area contributed by atoms with Gasteiger partial charge in [0.1, 0.15) is 0 Å². The first kappa shape index (κ1) is 0.518. The van der Waals surface area contributed by atoms with E-state index in [1.54, 1.807) is 0 Å². The van der Waals surface area contributed by atoms with Crippen LogP contribution in [0.5, 0.6) is 0 Å². The van der Waals surface area contributed by atoms with Crippen molar-refractivity contribution in [2.24, 2.45) is 0 Å². The number of hydrogen-bond acceptors (Lipinski definition) is 0. The summed E-state index contributed by atoms with van der Waals surface area (Å²) < 4.78 is 47.9. The highest BCUT2D eigenvalue weighted by atomic mass is 13.7. The first-order valence-electron chi connectivity index (χ1n) is 4.54. The van der Waals surface area contributed by atoms with Gasteiger partial charge in [-0.3, -0.25) is 0 Å². The predicted octanol–water partition coefficient (Wildman–Crippen LogP) is 1.42. The van der Waals surface area contributed by atoms with E-state index >= 15 is 0 Å². The highest BCUT2D eigenvalue weighted by Gasteiger charge is 1.61. The fourth-order valence-electron chi connectivity index (χ4n) is 0.0361. The number of hydrogen-bond donors (Lipinski definition) is 0. The molecule has 0 bridgehead atoms. The van der Waals surface area contributed by atoms with Gasteiger partial charge in [-0.05, 0) is 6.37 Å². The summed E-state index contributed by atoms with van der Waals surface area (Å²) in [4.78, 5) is 0. The second-order valence-corrected chi connectivity index (χ2v) is 0.394. The van der Waals surface area contributed by atoms with Gasteiger partial charge in [-0.2, -0.15) is 0 Å². The van der Waals surface area contributed by atoms with Crippen LogP contribution in [0.2, 0.25) is 0 Å². The van der Waals surface area contributed by atoms with Crippen molar-refractivity contribution in [2.75, 3.05) is 0 Å². The second-order valence-electron chi connectivity index (χ2n) is 0.394. The van der Waals surface area contributed by atoms with Crippen LogP contribution in [0, 0.1) is 12.3 Å². The lowest BCUT2D eigenvalue weighted by Crippen LogP contribution is -1.53. The summed E-state index contributed by atoms with van der Waals surface area (Å²) >= 11 is 0. The topological polar surface area (TPSA) is 0 Å². The molecule has 0 fully saturated rings. The molecule has 0 aliphatic rings. The summed E-state index contributed by atoms with van der Waals surface area (Å²) in [5.41, 5.74) is 0. The van der Waals surface area contributed by atoms with Crippen LogP contribution in [0.15, 0.2) is 0 Å². The molecule has 0 nitrogen and oxygen atoms in total. The van der Waals surface area contributed by atoms with Crippen LogP contribution >= 0.6 is 0 Å². The molecule has 0 saturated carbocycles. The van der Waals surface area contributed by atoms with E-state index < -0.39 is 19.6 Å².